The zero-order valence-electron chi connectivity index (χ0n) is 11.2. The first kappa shape index (κ1) is 15.3. The number of hydrogen-bond donors (Lipinski definition) is 1. The van der Waals surface area contributed by atoms with Crippen molar-refractivity contribution in [1.29, 1.82) is 0 Å². The van der Waals surface area contributed by atoms with Gasteiger partial charge in [-0.25, -0.2) is 14.8 Å². The summed E-state index contributed by atoms with van der Waals surface area (Å²) in [6.07, 6.45) is 5.54. The van der Waals surface area contributed by atoms with E-state index >= 15 is 0 Å². The third-order valence-corrected chi connectivity index (χ3v) is 5.42. The van der Waals surface area contributed by atoms with Crippen LogP contribution in [-0.2, 0) is 5.41 Å². The predicted octanol–water partition coefficient (Wildman–Crippen LogP) is 4.53. The van der Waals surface area contributed by atoms with Gasteiger partial charge in [-0.05, 0) is 28.1 Å². The summed E-state index contributed by atoms with van der Waals surface area (Å²) in [4.78, 5) is 20.4. The summed E-state index contributed by atoms with van der Waals surface area (Å²) in [5.41, 5.74) is 0.0894. The van der Waals surface area contributed by atoms with Crippen LogP contribution in [0.15, 0.2) is 9.98 Å². The van der Waals surface area contributed by atoms with Gasteiger partial charge in [0, 0.05) is 16.5 Å². The lowest BCUT2D eigenvalue weighted by molar-refractivity contribution is 0.0690. The maximum absolute atomic E-state index is 10.9. The summed E-state index contributed by atoms with van der Waals surface area (Å²) in [6.45, 7) is 6.36. The van der Waals surface area contributed by atoms with E-state index in [2.05, 4.69) is 46.7 Å². The summed E-state index contributed by atoms with van der Waals surface area (Å²) in [5.74, 6) is -1.03. The normalized spacial score (nSPS) is 12.2. The van der Waals surface area contributed by atoms with Gasteiger partial charge in [-0.3, -0.25) is 0 Å². The lowest BCUT2D eigenvalue weighted by Gasteiger charge is -2.13. The van der Waals surface area contributed by atoms with Crippen LogP contribution in [0.2, 0.25) is 0 Å². The van der Waals surface area contributed by atoms with Crippen molar-refractivity contribution in [3.05, 3.63) is 30.6 Å². The maximum atomic E-state index is 10.9. The summed E-state index contributed by atoms with van der Waals surface area (Å²) >= 11 is 6.13. The molecule has 0 aliphatic carbocycles. The summed E-state index contributed by atoms with van der Waals surface area (Å²) < 4.78 is 0.532. The first-order valence-corrected chi connectivity index (χ1v) is 8.24. The Balaban J connectivity index is 2.19. The fourth-order valence-corrected chi connectivity index (χ4v) is 3.70. The van der Waals surface area contributed by atoms with E-state index < -0.39 is 5.97 Å². The van der Waals surface area contributed by atoms with Gasteiger partial charge in [0.05, 0.1) is 5.01 Å². The minimum atomic E-state index is -1.03. The second-order valence-electron chi connectivity index (χ2n) is 5.13. The molecule has 0 aromatic carbocycles. The summed E-state index contributed by atoms with van der Waals surface area (Å²) in [7, 11) is 0. The van der Waals surface area contributed by atoms with Gasteiger partial charge in [-0.15, -0.1) is 22.7 Å². The molecule has 1 N–H and O–H groups in total. The number of aromatic nitrogens is 2. The van der Waals surface area contributed by atoms with Gasteiger partial charge in [0.1, 0.15) is 8.79 Å². The Morgan fingerprint density at radius 3 is 2.55 bits per heavy atom. The molecule has 0 amide bonds. The minimum Gasteiger partial charge on any atom is -0.476 e. The molecule has 106 valence electrons. The smallest absolute Gasteiger partial charge is 0.356 e. The molecule has 2 heterocycles. The number of rotatable bonds is 3. The Kier molecular flexibility index (Phi) is 4.41. The van der Waals surface area contributed by atoms with Crippen molar-refractivity contribution in [1.82, 2.24) is 9.97 Å². The average Bonchev–Trinajstić information content (AvgIpc) is 2.91. The van der Waals surface area contributed by atoms with Crippen LogP contribution in [0.4, 0.5) is 0 Å². The van der Waals surface area contributed by atoms with Crippen LogP contribution in [0.5, 0.6) is 0 Å². The molecule has 4 nitrogen and oxygen atoms in total. The molecule has 20 heavy (non-hydrogen) atoms. The molecule has 0 spiro atoms. The number of aromatic carboxylic acids is 1. The largest absolute Gasteiger partial charge is 0.476 e. The van der Waals surface area contributed by atoms with Crippen molar-refractivity contribution >= 4 is 56.7 Å². The van der Waals surface area contributed by atoms with Crippen molar-refractivity contribution in [2.45, 2.75) is 26.2 Å². The number of carboxylic acid groups (broad SMARTS) is 1. The lowest BCUT2D eigenvalue weighted by Crippen LogP contribution is -2.09. The fraction of sp³-hybridized carbons (Fsp3) is 0.308. The molecule has 0 bridgehead atoms. The average molecular weight is 373 g/mol. The van der Waals surface area contributed by atoms with Gasteiger partial charge in [-0.2, -0.15) is 0 Å². The molecular formula is C13H13BrN2O2S2. The minimum absolute atomic E-state index is 0.0391. The van der Waals surface area contributed by atoms with Crippen LogP contribution in [0.25, 0.3) is 12.2 Å². The number of thiazole rings is 2. The standard InChI is InChI=1S/C13H13BrN2O2S2/c1-13(2,3)12-15-6-7(19-12)4-5-8-16-9(11(17)18)10(14)20-8/h4-6H,1-3H3,(H,17,18)/b5-4+. The molecule has 2 aromatic rings. The van der Waals surface area contributed by atoms with Crippen LogP contribution in [-0.4, -0.2) is 21.0 Å². The molecule has 0 unspecified atom stereocenters. The maximum Gasteiger partial charge on any atom is 0.356 e. The second-order valence-corrected chi connectivity index (χ2v) is 8.54. The highest BCUT2D eigenvalue weighted by atomic mass is 79.9. The molecule has 0 saturated carbocycles. The van der Waals surface area contributed by atoms with Crippen molar-refractivity contribution in [3.63, 3.8) is 0 Å². The quantitative estimate of drug-likeness (QED) is 0.859. The topological polar surface area (TPSA) is 63.1 Å². The highest BCUT2D eigenvalue weighted by Gasteiger charge is 2.17. The number of carboxylic acids is 1. The molecule has 0 atom stereocenters. The van der Waals surface area contributed by atoms with E-state index in [-0.39, 0.29) is 11.1 Å². The fourth-order valence-electron chi connectivity index (χ4n) is 1.38. The van der Waals surface area contributed by atoms with Gasteiger partial charge >= 0.3 is 5.97 Å². The van der Waals surface area contributed by atoms with Crippen molar-refractivity contribution < 1.29 is 9.90 Å². The van der Waals surface area contributed by atoms with Gasteiger partial charge in [0.15, 0.2) is 5.69 Å². The molecule has 0 fully saturated rings. The second kappa shape index (κ2) is 5.75. The van der Waals surface area contributed by atoms with Gasteiger partial charge in [0.25, 0.3) is 0 Å². The van der Waals surface area contributed by atoms with E-state index in [0.29, 0.717) is 8.79 Å². The summed E-state index contributed by atoms with van der Waals surface area (Å²) in [5, 5.41) is 10.7. The van der Waals surface area contributed by atoms with Crippen LogP contribution >= 0.6 is 38.6 Å². The van der Waals surface area contributed by atoms with E-state index in [4.69, 9.17) is 5.11 Å². The highest BCUT2D eigenvalue weighted by molar-refractivity contribution is 9.11. The first-order chi connectivity index (χ1) is 9.27. The van der Waals surface area contributed by atoms with E-state index in [1.165, 1.54) is 11.3 Å². The Morgan fingerprint density at radius 2 is 2.05 bits per heavy atom. The molecule has 0 aliphatic heterocycles. The monoisotopic (exact) mass is 372 g/mol. The van der Waals surface area contributed by atoms with E-state index in [1.807, 2.05) is 18.3 Å². The van der Waals surface area contributed by atoms with Crippen molar-refractivity contribution in [2.75, 3.05) is 0 Å². The van der Waals surface area contributed by atoms with Gasteiger partial charge in [-0.1, -0.05) is 20.8 Å². The highest BCUT2D eigenvalue weighted by Crippen LogP contribution is 2.29. The Hall–Kier alpha value is -1.05. The molecule has 0 radical (unpaired) electrons. The van der Waals surface area contributed by atoms with Crippen molar-refractivity contribution in [3.8, 4) is 0 Å². The predicted molar refractivity (Wildman–Crippen MR) is 86.5 cm³/mol. The van der Waals surface area contributed by atoms with Crippen LogP contribution in [0.3, 0.4) is 0 Å². The van der Waals surface area contributed by atoms with E-state index in [0.717, 1.165) is 9.88 Å². The number of carbonyl (C=O) groups is 1. The van der Waals surface area contributed by atoms with Crippen LogP contribution < -0.4 is 0 Å². The number of nitrogens with zero attached hydrogens (tertiary/aromatic N) is 2. The first-order valence-electron chi connectivity index (χ1n) is 5.81. The molecule has 0 saturated heterocycles. The third-order valence-electron chi connectivity index (χ3n) is 2.36. The van der Waals surface area contributed by atoms with Crippen LogP contribution in [0, 0.1) is 0 Å². The van der Waals surface area contributed by atoms with Gasteiger partial charge in [0.2, 0.25) is 0 Å². The molecule has 2 rings (SSSR count). The van der Waals surface area contributed by atoms with Crippen LogP contribution in [0.1, 0.15) is 46.2 Å². The summed E-state index contributed by atoms with van der Waals surface area (Å²) in [6, 6.07) is 0. The Morgan fingerprint density at radius 1 is 1.35 bits per heavy atom. The van der Waals surface area contributed by atoms with Gasteiger partial charge < -0.3 is 5.11 Å². The third kappa shape index (κ3) is 3.53. The molecule has 7 heteroatoms. The van der Waals surface area contributed by atoms with E-state index in [9.17, 15) is 4.79 Å². The lowest BCUT2D eigenvalue weighted by atomic mass is 9.98. The Labute approximate surface area is 133 Å². The SMILES string of the molecule is CC(C)(C)c1ncc(/C=C/c2nc(C(=O)O)c(Br)s2)s1. The van der Waals surface area contributed by atoms with Crippen molar-refractivity contribution in [2.24, 2.45) is 0 Å². The number of halogens is 1. The number of hydrogen-bond acceptors (Lipinski definition) is 5. The Bertz CT molecular complexity index is 668. The molecular weight excluding hydrogens is 360 g/mol. The zero-order chi connectivity index (χ0) is 14.9. The molecule has 0 aliphatic rings. The molecule has 2 aromatic heterocycles. The van der Waals surface area contributed by atoms with E-state index in [1.54, 1.807) is 11.3 Å². The zero-order valence-corrected chi connectivity index (χ0v) is 14.4.